The number of pyridine rings is 1. The van der Waals surface area contributed by atoms with Crippen molar-refractivity contribution in [1.82, 2.24) is 19.9 Å². The van der Waals surface area contributed by atoms with Crippen molar-refractivity contribution in [3.05, 3.63) is 51.9 Å². The molecule has 0 radical (unpaired) electrons. The van der Waals surface area contributed by atoms with E-state index in [0.29, 0.717) is 39.7 Å². The zero-order chi connectivity index (χ0) is 19.7. The molecule has 1 fully saturated rings. The molecule has 1 atom stereocenters. The molecule has 144 valence electrons. The number of aromatic nitrogens is 3. The van der Waals surface area contributed by atoms with Gasteiger partial charge in [0, 0.05) is 41.3 Å². The fourth-order valence-corrected chi connectivity index (χ4v) is 3.66. The number of rotatable bonds is 3. The van der Waals surface area contributed by atoms with Gasteiger partial charge in [-0.2, -0.15) is 4.98 Å². The molecule has 1 saturated heterocycles. The maximum atomic E-state index is 12.9. The molecule has 0 aliphatic carbocycles. The number of fused-ring (bicyclic) bond motifs is 1. The molecule has 0 bridgehead atoms. The van der Waals surface area contributed by atoms with Gasteiger partial charge in [-0.15, -0.1) is 0 Å². The molecule has 0 saturated carbocycles. The highest BCUT2D eigenvalue weighted by molar-refractivity contribution is 6.33. The van der Waals surface area contributed by atoms with Crippen LogP contribution in [0.3, 0.4) is 0 Å². The van der Waals surface area contributed by atoms with Gasteiger partial charge in [-0.25, -0.2) is 4.98 Å². The van der Waals surface area contributed by atoms with Gasteiger partial charge in [-0.1, -0.05) is 29.8 Å². The third kappa shape index (κ3) is 3.45. The molecule has 1 aliphatic rings. The van der Waals surface area contributed by atoms with Gasteiger partial charge in [-0.05, 0) is 31.4 Å². The number of hydrogen-bond acceptors (Lipinski definition) is 5. The summed E-state index contributed by atoms with van der Waals surface area (Å²) in [6.07, 6.45) is 4.28. The number of benzene rings is 1. The van der Waals surface area contributed by atoms with Crippen LogP contribution in [0.15, 0.2) is 41.3 Å². The molecule has 7 nitrogen and oxygen atoms in total. The third-order valence-corrected chi connectivity index (χ3v) is 5.28. The molecule has 1 aromatic carbocycles. The summed E-state index contributed by atoms with van der Waals surface area (Å²) in [7, 11) is 1.67. The zero-order valence-corrected chi connectivity index (χ0v) is 16.2. The van der Waals surface area contributed by atoms with Crippen molar-refractivity contribution in [2.45, 2.75) is 25.3 Å². The van der Waals surface area contributed by atoms with E-state index in [0.717, 1.165) is 19.3 Å². The Balaban J connectivity index is 1.74. The average molecular weight is 398 g/mol. The van der Waals surface area contributed by atoms with Gasteiger partial charge < -0.3 is 10.6 Å². The molecule has 1 unspecified atom stereocenters. The second kappa shape index (κ2) is 7.59. The maximum Gasteiger partial charge on any atom is 0.259 e. The van der Waals surface area contributed by atoms with E-state index in [4.69, 9.17) is 11.6 Å². The van der Waals surface area contributed by atoms with Crippen LogP contribution < -0.4 is 16.2 Å². The Hall–Kier alpha value is -2.93. The Morgan fingerprint density at radius 1 is 1.21 bits per heavy atom. The van der Waals surface area contributed by atoms with Crippen LogP contribution in [0.2, 0.25) is 5.02 Å². The van der Waals surface area contributed by atoms with Gasteiger partial charge in [0.1, 0.15) is 11.7 Å². The fraction of sp³-hybridized carbons (Fsp3) is 0.300. The Labute approximate surface area is 166 Å². The van der Waals surface area contributed by atoms with Crippen molar-refractivity contribution in [2.24, 2.45) is 7.05 Å². The number of halogens is 1. The van der Waals surface area contributed by atoms with E-state index in [-0.39, 0.29) is 17.5 Å². The summed E-state index contributed by atoms with van der Waals surface area (Å²) in [5, 5.41) is 7.20. The molecule has 3 heterocycles. The first-order chi connectivity index (χ1) is 13.5. The highest BCUT2D eigenvalue weighted by Crippen LogP contribution is 2.27. The molecule has 4 rings (SSSR count). The molecular formula is C20H20ClN5O2. The number of nitrogens with zero attached hydrogens (tertiary/aromatic N) is 3. The van der Waals surface area contributed by atoms with Crippen LogP contribution >= 0.6 is 11.6 Å². The van der Waals surface area contributed by atoms with Crippen molar-refractivity contribution >= 4 is 34.5 Å². The maximum absolute atomic E-state index is 12.9. The molecule has 28 heavy (non-hydrogen) atoms. The SMILES string of the molecule is Cn1c(=O)c(-c2ccccc2Cl)cc2cnc(NC3CCCCNC3=O)nc21. The Bertz CT molecular complexity index is 1110. The second-order valence-electron chi connectivity index (χ2n) is 6.86. The molecule has 2 N–H and O–H groups in total. The average Bonchev–Trinajstić information content (AvgIpc) is 2.90. The van der Waals surface area contributed by atoms with Crippen LogP contribution in [0.1, 0.15) is 19.3 Å². The molecular weight excluding hydrogens is 378 g/mol. The largest absolute Gasteiger partial charge is 0.354 e. The van der Waals surface area contributed by atoms with Crippen molar-refractivity contribution in [3.8, 4) is 11.1 Å². The monoisotopic (exact) mass is 397 g/mol. The van der Waals surface area contributed by atoms with E-state index in [2.05, 4.69) is 20.6 Å². The summed E-state index contributed by atoms with van der Waals surface area (Å²) in [5.41, 5.74) is 1.46. The number of amides is 1. The van der Waals surface area contributed by atoms with Crippen LogP contribution in [-0.4, -0.2) is 33.0 Å². The first-order valence-electron chi connectivity index (χ1n) is 9.20. The number of nitrogens with one attached hydrogen (secondary N) is 2. The minimum Gasteiger partial charge on any atom is -0.354 e. The lowest BCUT2D eigenvalue weighted by molar-refractivity contribution is -0.121. The minimum atomic E-state index is -0.376. The molecule has 1 aliphatic heterocycles. The summed E-state index contributed by atoms with van der Waals surface area (Å²) in [6, 6.07) is 8.60. The first-order valence-corrected chi connectivity index (χ1v) is 9.58. The first kappa shape index (κ1) is 18.4. The van der Waals surface area contributed by atoms with Gasteiger partial charge in [0.05, 0.1) is 0 Å². The van der Waals surface area contributed by atoms with E-state index in [9.17, 15) is 9.59 Å². The van der Waals surface area contributed by atoms with Crippen LogP contribution in [0, 0.1) is 0 Å². The lowest BCUT2D eigenvalue weighted by atomic mass is 10.1. The third-order valence-electron chi connectivity index (χ3n) is 4.95. The molecule has 2 aromatic heterocycles. The number of carbonyl (C=O) groups excluding carboxylic acids is 1. The second-order valence-corrected chi connectivity index (χ2v) is 7.27. The van der Waals surface area contributed by atoms with Crippen molar-refractivity contribution < 1.29 is 4.79 Å². The van der Waals surface area contributed by atoms with Crippen molar-refractivity contribution in [2.75, 3.05) is 11.9 Å². The van der Waals surface area contributed by atoms with E-state index in [1.807, 2.05) is 18.2 Å². The van der Waals surface area contributed by atoms with Gasteiger partial charge in [0.2, 0.25) is 11.9 Å². The lowest BCUT2D eigenvalue weighted by Gasteiger charge is -2.16. The summed E-state index contributed by atoms with van der Waals surface area (Å²) in [5.74, 6) is 0.277. The highest BCUT2D eigenvalue weighted by atomic mass is 35.5. The summed E-state index contributed by atoms with van der Waals surface area (Å²) < 4.78 is 1.48. The quantitative estimate of drug-likeness (QED) is 0.709. The number of hydrogen-bond donors (Lipinski definition) is 2. The fourth-order valence-electron chi connectivity index (χ4n) is 3.42. The van der Waals surface area contributed by atoms with Crippen molar-refractivity contribution in [3.63, 3.8) is 0 Å². The standard InChI is InChI=1S/C20H20ClN5O2/c1-26-17-12(10-14(19(26)28)13-6-2-3-7-15(13)21)11-23-20(25-17)24-16-8-4-5-9-22-18(16)27/h2-3,6-7,10-11,16H,4-5,8-9H2,1H3,(H,22,27)(H,23,24,25). The number of carbonyl (C=O) groups is 1. The highest BCUT2D eigenvalue weighted by Gasteiger charge is 2.21. The smallest absolute Gasteiger partial charge is 0.259 e. The van der Waals surface area contributed by atoms with Crippen LogP contribution in [0.5, 0.6) is 0 Å². The normalized spacial score (nSPS) is 17.2. The molecule has 1 amide bonds. The van der Waals surface area contributed by atoms with E-state index in [1.54, 1.807) is 25.4 Å². The molecule has 3 aromatic rings. The zero-order valence-electron chi connectivity index (χ0n) is 15.4. The predicted molar refractivity (Wildman–Crippen MR) is 109 cm³/mol. The van der Waals surface area contributed by atoms with E-state index < -0.39 is 0 Å². The summed E-state index contributed by atoms with van der Waals surface area (Å²) >= 11 is 6.27. The molecule has 8 heteroatoms. The molecule has 0 spiro atoms. The minimum absolute atomic E-state index is 0.0517. The van der Waals surface area contributed by atoms with E-state index >= 15 is 0 Å². The van der Waals surface area contributed by atoms with Gasteiger partial charge in [0.25, 0.3) is 5.56 Å². The summed E-state index contributed by atoms with van der Waals surface area (Å²) in [4.78, 5) is 33.9. The van der Waals surface area contributed by atoms with Crippen LogP contribution in [0.25, 0.3) is 22.2 Å². The van der Waals surface area contributed by atoms with Gasteiger partial charge >= 0.3 is 0 Å². The lowest BCUT2D eigenvalue weighted by Crippen LogP contribution is -2.38. The van der Waals surface area contributed by atoms with Crippen molar-refractivity contribution in [1.29, 1.82) is 0 Å². The Morgan fingerprint density at radius 3 is 2.86 bits per heavy atom. The number of aryl methyl sites for hydroxylation is 1. The summed E-state index contributed by atoms with van der Waals surface area (Å²) in [6.45, 7) is 0.689. The predicted octanol–water partition coefficient (Wildman–Crippen LogP) is 2.73. The van der Waals surface area contributed by atoms with Gasteiger partial charge in [-0.3, -0.25) is 14.2 Å². The van der Waals surface area contributed by atoms with E-state index in [1.165, 1.54) is 4.57 Å². The van der Waals surface area contributed by atoms with Gasteiger partial charge in [0.15, 0.2) is 0 Å². The topological polar surface area (TPSA) is 88.9 Å². The van der Waals surface area contributed by atoms with Crippen LogP contribution in [-0.2, 0) is 11.8 Å². The van der Waals surface area contributed by atoms with Crippen LogP contribution in [0.4, 0.5) is 5.95 Å². The Morgan fingerprint density at radius 2 is 2.04 bits per heavy atom. The number of anilines is 1. The Kier molecular flexibility index (Phi) is 5.00.